The average molecular weight is 585 g/mol. The van der Waals surface area contributed by atoms with Crippen LogP contribution in [0.1, 0.15) is 48.5 Å². The number of hydrogen-bond donors (Lipinski definition) is 1. The molecule has 1 fully saturated rings. The Kier molecular flexibility index (Phi) is 10.1. The maximum absolute atomic E-state index is 12.8. The van der Waals surface area contributed by atoms with Crippen LogP contribution in [0.3, 0.4) is 0 Å². The summed E-state index contributed by atoms with van der Waals surface area (Å²) in [6.07, 6.45) is 3.14. The molecule has 2 heterocycles. The van der Waals surface area contributed by atoms with E-state index in [0.717, 1.165) is 30.4 Å². The van der Waals surface area contributed by atoms with Crippen molar-refractivity contribution in [2.75, 3.05) is 31.6 Å². The number of rotatable bonds is 11. The number of hydrogen-bond acceptors (Lipinski definition) is 8. The van der Waals surface area contributed by atoms with E-state index in [2.05, 4.69) is 5.32 Å². The monoisotopic (exact) mass is 584 g/mol. The number of nitrogens with zero attached hydrogens (tertiary/aromatic N) is 1. The summed E-state index contributed by atoms with van der Waals surface area (Å²) in [5, 5.41) is 4.74. The number of nitrogens with one attached hydrogen (secondary N) is 1. The van der Waals surface area contributed by atoms with Crippen molar-refractivity contribution in [1.82, 2.24) is 4.31 Å². The molecule has 1 aliphatic heterocycles. The van der Waals surface area contributed by atoms with E-state index >= 15 is 0 Å². The SMILES string of the molecule is CCOC(=O)c1c(-c2ccccc2)csc1NC(=O)COC(=O)CCc1ccc(S(=O)(=O)N2CCCCC2)cc1. The highest BCUT2D eigenvalue weighted by Crippen LogP contribution is 2.36. The summed E-state index contributed by atoms with van der Waals surface area (Å²) in [6, 6.07) is 15.8. The van der Waals surface area contributed by atoms with Crippen LogP contribution in [0.25, 0.3) is 11.1 Å². The lowest BCUT2D eigenvalue weighted by Gasteiger charge is -2.25. The van der Waals surface area contributed by atoms with Crippen molar-refractivity contribution < 1.29 is 32.3 Å². The largest absolute Gasteiger partial charge is 0.462 e. The minimum absolute atomic E-state index is 0.0245. The number of amides is 1. The lowest BCUT2D eigenvalue weighted by molar-refractivity contribution is -0.147. The van der Waals surface area contributed by atoms with Crippen molar-refractivity contribution in [2.45, 2.75) is 43.9 Å². The summed E-state index contributed by atoms with van der Waals surface area (Å²) in [5.41, 5.74) is 2.49. The molecule has 1 aliphatic rings. The second-order valence-corrected chi connectivity index (χ2v) is 12.1. The number of ether oxygens (including phenoxy) is 2. The van der Waals surface area contributed by atoms with Gasteiger partial charge in [-0.1, -0.05) is 48.9 Å². The van der Waals surface area contributed by atoms with Gasteiger partial charge in [-0.2, -0.15) is 4.31 Å². The molecule has 1 saturated heterocycles. The first-order valence-electron chi connectivity index (χ1n) is 13.2. The van der Waals surface area contributed by atoms with Gasteiger partial charge < -0.3 is 14.8 Å². The Morgan fingerprint density at radius 1 is 0.950 bits per heavy atom. The second kappa shape index (κ2) is 13.7. The van der Waals surface area contributed by atoms with Crippen molar-refractivity contribution in [3.05, 3.63) is 71.1 Å². The standard InChI is InChI=1S/C29H32N2O7S2/c1-2-37-29(34)27-24(22-9-5-3-6-10-22)20-39-28(27)30-25(32)19-38-26(33)16-13-21-11-14-23(15-12-21)40(35,36)31-17-7-4-8-18-31/h3,5-6,9-12,14-15,20H,2,4,7-8,13,16-19H2,1H3,(H,30,32). The first-order valence-corrected chi connectivity index (χ1v) is 15.5. The smallest absolute Gasteiger partial charge is 0.341 e. The molecule has 0 aliphatic carbocycles. The molecule has 1 amide bonds. The lowest BCUT2D eigenvalue weighted by atomic mass is 10.0. The molecule has 2 aromatic carbocycles. The van der Waals surface area contributed by atoms with Crippen molar-refractivity contribution >= 4 is 44.2 Å². The van der Waals surface area contributed by atoms with Crippen LogP contribution in [0.2, 0.25) is 0 Å². The van der Waals surface area contributed by atoms with Gasteiger partial charge in [0, 0.05) is 30.5 Å². The number of benzene rings is 2. The maximum Gasteiger partial charge on any atom is 0.341 e. The number of carbonyl (C=O) groups excluding carboxylic acids is 3. The Hall–Kier alpha value is -3.54. The molecule has 212 valence electrons. The van der Waals surface area contributed by atoms with Crippen LogP contribution in [0, 0.1) is 0 Å². The van der Waals surface area contributed by atoms with Crippen LogP contribution in [0.5, 0.6) is 0 Å². The van der Waals surface area contributed by atoms with E-state index in [-0.39, 0.29) is 23.5 Å². The molecule has 0 saturated carbocycles. The fourth-order valence-corrected chi connectivity index (χ4v) is 6.89. The van der Waals surface area contributed by atoms with E-state index in [4.69, 9.17) is 9.47 Å². The van der Waals surface area contributed by atoms with Crippen LogP contribution < -0.4 is 5.32 Å². The third-order valence-corrected chi connectivity index (χ3v) is 9.27. The minimum Gasteiger partial charge on any atom is -0.462 e. The molecule has 1 N–H and O–H groups in total. The molecular formula is C29H32N2O7S2. The summed E-state index contributed by atoms with van der Waals surface area (Å²) in [7, 11) is -3.51. The van der Waals surface area contributed by atoms with E-state index in [1.54, 1.807) is 36.6 Å². The van der Waals surface area contributed by atoms with Gasteiger partial charge in [-0.05, 0) is 49.4 Å². The van der Waals surface area contributed by atoms with Gasteiger partial charge in [-0.15, -0.1) is 11.3 Å². The highest BCUT2D eigenvalue weighted by molar-refractivity contribution is 7.89. The van der Waals surface area contributed by atoms with Crippen LogP contribution in [-0.4, -0.2) is 56.9 Å². The van der Waals surface area contributed by atoms with Crippen LogP contribution >= 0.6 is 11.3 Å². The number of piperidine rings is 1. The van der Waals surface area contributed by atoms with Gasteiger partial charge in [0.1, 0.15) is 10.6 Å². The summed E-state index contributed by atoms with van der Waals surface area (Å²) in [5.74, 6) is -1.70. The second-order valence-electron chi connectivity index (χ2n) is 9.26. The molecule has 0 bridgehead atoms. The van der Waals surface area contributed by atoms with Crippen molar-refractivity contribution in [3.63, 3.8) is 0 Å². The van der Waals surface area contributed by atoms with Crippen LogP contribution in [0.4, 0.5) is 5.00 Å². The van der Waals surface area contributed by atoms with Crippen LogP contribution in [-0.2, 0) is 35.5 Å². The van der Waals surface area contributed by atoms with Crippen molar-refractivity contribution in [3.8, 4) is 11.1 Å². The highest BCUT2D eigenvalue weighted by atomic mass is 32.2. The zero-order valence-electron chi connectivity index (χ0n) is 22.3. The van der Waals surface area contributed by atoms with E-state index in [1.165, 1.54) is 15.6 Å². The zero-order chi connectivity index (χ0) is 28.5. The number of thiophene rings is 1. The molecule has 1 aromatic heterocycles. The topological polar surface area (TPSA) is 119 Å². The van der Waals surface area contributed by atoms with Gasteiger partial charge in [0.25, 0.3) is 5.91 Å². The normalized spacial score (nSPS) is 13.9. The van der Waals surface area contributed by atoms with Gasteiger partial charge in [0.2, 0.25) is 10.0 Å². The van der Waals surface area contributed by atoms with Crippen LogP contribution in [0.15, 0.2) is 64.9 Å². The quantitative estimate of drug-likeness (QED) is 0.319. The summed E-state index contributed by atoms with van der Waals surface area (Å²) in [4.78, 5) is 37.7. The molecule has 0 radical (unpaired) electrons. The molecule has 0 unspecified atom stereocenters. The predicted molar refractivity (Wildman–Crippen MR) is 153 cm³/mol. The Labute approximate surface area is 238 Å². The van der Waals surface area contributed by atoms with E-state index in [9.17, 15) is 22.8 Å². The number of carbonyl (C=O) groups is 3. The van der Waals surface area contributed by atoms with Gasteiger partial charge in [-0.25, -0.2) is 13.2 Å². The Morgan fingerprint density at radius 2 is 1.65 bits per heavy atom. The number of aryl methyl sites for hydroxylation is 1. The van der Waals surface area contributed by atoms with E-state index in [0.29, 0.717) is 30.1 Å². The maximum atomic E-state index is 12.8. The van der Waals surface area contributed by atoms with Gasteiger partial charge in [0.15, 0.2) is 6.61 Å². The molecule has 4 rings (SSSR count). The average Bonchev–Trinajstić information content (AvgIpc) is 3.39. The Morgan fingerprint density at radius 3 is 2.33 bits per heavy atom. The fourth-order valence-electron chi connectivity index (χ4n) is 4.40. The predicted octanol–water partition coefficient (Wildman–Crippen LogP) is 4.88. The zero-order valence-corrected chi connectivity index (χ0v) is 23.9. The summed E-state index contributed by atoms with van der Waals surface area (Å²) < 4.78 is 37.4. The molecule has 3 aromatic rings. The molecule has 40 heavy (non-hydrogen) atoms. The number of sulfonamides is 1. The van der Waals surface area contributed by atoms with E-state index < -0.39 is 34.5 Å². The summed E-state index contributed by atoms with van der Waals surface area (Å²) >= 11 is 1.19. The first-order chi connectivity index (χ1) is 19.3. The molecule has 9 nitrogen and oxygen atoms in total. The van der Waals surface area contributed by atoms with Gasteiger partial charge in [0.05, 0.1) is 11.5 Å². The molecule has 0 atom stereocenters. The van der Waals surface area contributed by atoms with Gasteiger partial charge >= 0.3 is 11.9 Å². The molecule has 11 heteroatoms. The number of anilines is 1. The summed E-state index contributed by atoms with van der Waals surface area (Å²) in [6.45, 7) is 2.45. The fraction of sp³-hybridized carbons (Fsp3) is 0.345. The Balaban J connectivity index is 1.29. The van der Waals surface area contributed by atoms with E-state index in [1.807, 2.05) is 30.3 Å². The van der Waals surface area contributed by atoms with Gasteiger partial charge in [-0.3, -0.25) is 9.59 Å². The third-order valence-electron chi connectivity index (χ3n) is 6.47. The minimum atomic E-state index is -3.51. The first kappa shape index (κ1) is 29.4. The molecule has 0 spiro atoms. The third kappa shape index (κ3) is 7.35. The lowest BCUT2D eigenvalue weighted by Crippen LogP contribution is -2.35. The Bertz CT molecular complexity index is 1430. The highest BCUT2D eigenvalue weighted by Gasteiger charge is 2.26. The van der Waals surface area contributed by atoms with Crippen molar-refractivity contribution in [2.24, 2.45) is 0 Å². The number of esters is 2. The van der Waals surface area contributed by atoms with Crippen molar-refractivity contribution in [1.29, 1.82) is 0 Å². The molecular weight excluding hydrogens is 552 g/mol.